The highest BCUT2D eigenvalue weighted by Crippen LogP contribution is 2.54. The molecule has 2 atom stereocenters. The Morgan fingerprint density at radius 3 is 2.50 bits per heavy atom. The van der Waals surface area contributed by atoms with Crippen molar-refractivity contribution in [3.05, 3.63) is 53.5 Å². The molecule has 1 aromatic carbocycles. The summed E-state index contributed by atoms with van der Waals surface area (Å²) in [4.78, 5) is 21.0. The quantitative estimate of drug-likeness (QED) is 0.531. The average molecular weight is 431 g/mol. The molecular weight excluding hydrogens is 404 g/mol. The summed E-state index contributed by atoms with van der Waals surface area (Å²) in [5.41, 5.74) is 2.46. The lowest BCUT2D eigenvalue weighted by molar-refractivity contribution is 0.0299. The van der Waals surface area contributed by atoms with Crippen molar-refractivity contribution in [2.75, 3.05) is 18.0 Å². The zero-order valence-electron chi connectivity index (χ0n) is 18.7. The van der Waals surface area contributed by atoms with Crippen LogP contribution < -0.4 is 4.90 Å². The van der Waals surface area contributed by atoms with E-state index in [0.29, 0.717) is 36.6 Å². The fourth-order valence-corrected chi connectivity index (χ4v) is 4.84. The van der Waals surface area contributed by atoms with Crippen molar-refractivity contribution in [1.82, 2.24) is 34.3 Å². The molecule has 0 amide bonds. The molecule has 32 heavy (non-hydrogen) atoms. The predicted molar refractivity (Wildman–Crippen MR) is 120 cm³/mol. The van der Waals surface area contributed by atoms with Crippen LogP contribution in [-0.2, 0) is 7.05 Å². The number of aromatic nitrogens is 7. The second-order valence-electron chi connectivity index (χ2n) is 9.39. The number of β-amino-alcohol motifs (C(OH)–C–C–N with tert-alkyl or cyclic N) is 1. The standard InChI is InChI=1S/C23H26N8O/c1-13-24-14(2)31(28-13)20-10-18(26-22(27-20)30-11-23(3,32)12-30)15-9-16(15)21-25-17-7-5-6-8-19(17)29(21)4/h5-8,10,15-16,32H,9,11-12H2,1-4H3/t15-,16-/m1/s1. The normalized spacial score (nSPS) is 21.7. The van der Waals surface area contributed by atoms with Crippen molar-refractivity contribution in [2.24, 2.45) is 7.05 Å². The van der Waals surface area contributed by atoms with Gasteiger partial charge in [0.05, 0.1) is 35.4 Å². The number of benzene rings is 1. The molecular formula is C23H26N8O. The number of para-hydroxylation sites is 2. The maximum absolute atomic E-state index is 10.2. The van der Waals surface area contributed by atoms with Crippen molar-refractivity contribution >= 4 is 17.0 Å². The van der Waals surface area contributed by atoms with Gasteiger partial charge in [0.1, 0.15) is 17.5 Å². The van der Waals surface area contributed by atoms with Crippen LogP contribution in [0.5, 0.6) is 0 Å². The SMILES string of the molecule is Cc1nc(C)n(-c2cc([C@@H]3C[C@H]3c3nc4ccccc4n3C)nc(N3CC(C)(O)C3)n2)n1. The van der Waals surface area contributed by atoms with Crippen molar-refractivity contribution < 1.29 is 5.11 Å². The predicted octanol–water partition coefficient (Wildman–Crippen LogP) is 2.40. The van der Waals surface area contributed by atoms with Gasteiger partial charge in [-0.2, -0.15) is 9.67 Å². The number of aliphatic hydroxyl groups is 1. The van der Waals surface area contributed by atoms with Gasteiger partial charge in [-0.25, -0.2) is 15.0 Å². The molecule has 9 heteroatoms. The summed E-state index contributed by atoms with van der Waals surface area (Å²) in [6, 6.07) is 10.3. The molecule has 0 bridgehead atoms. The number of anilines is 1. The second kappa shape index (κ2) is 6.59. The first-order chi connectivity index (χ1) is 15.3. The highest BCUT2D eigenvalue weighted by Gasteiger charge is 2.45. The second-order valence-corrected chi connectivity index (χ2v) is 9.39. The minimum absolute atomic E-state index is 0.276. The van der Waals surface area contributed by atoms with Crippen molar-refractivity contribution in [3.8, 4) is 5.82 Å². The fourth-order valence-electron chi connectivity index (χ4n) is 4.84. The number of hydrogen-bond donors (Lipinski definition) is 1. The van der Waals surface area contributed by atoms with E-state index in [1.165, 1.54) is 0 Å². The van der Waals surface area contributed by atoms with Crippen LogP contribution >= 0.6 is 0 Å². The Hall–Kier alpha value is -3.33. The topological polar surface area (TPSA) is 97.8 Å². The van der Waals surface area contributed by atoms with Crippen molar-refractivity contribution in [3.63, 3.8) is 0 Å². The Balaban J connectivity index is 1.38. The minimum atomic E-state index is -0.700. The summed E-state index contributed by atoms with van der Waals surface area (Å²) >= 11 is 0. The van der Waals surface area contributed by atoms with E-state index in [1.807, 2.05) is 43.9 Å². The first-order valence-electron chi connectivity index (χ1n) is 11.0. The van der Waals surface area contributed by atoms with Gasteiger partial charge in [0, 0.05) is 24.9 Å². The Bertz CT molecular complexity index is 1350. The first-order valence-corrected chi connectivity index (χ1v) is 11.0. The van der Waals surface area contributed by atoms with Gasteiger partial charge in [-0.05, 0) is 39.3 Å². The maximum Gasteiger partial charge on any atom is 0.227 e. The molecule has 0 unspecified atom stereocenters. The fraction of sp³-hybridized carbons (Fsp3) is 0.435. The molecule has 6 rings (SSSR count). The van der Waals surface area contributed by atoms with E-state index in [1.54, 1.807) is 4.68 Å². The van der Waals surface area contributed by atoms with Crippen LogP contribution in [0.15, 0.2) is 30.3 Å². The molecule has 3 aromatic heterocycles. The Morgan fingerprint density at radius 1 is 1.03 bits per heavy atom. The van der Waals surface area contributed by atoms with E-state index >= 15 is 0 Å². The molecule has 164 valence electrons. The molecule has 2 fully saturated rings. The highest BCUT2D eigenvalue weighted by molar-refractivity contribution is 5.76. The van der Waals surface area contributed by atoms with Crippen LogP contribution in [0.25, 0.3) is 16.9 Å². The first kappa shape index (κ1) is 19.4. The lowest BCUT2D eigenvalue weighted by Crippen LogP contribution is -2.60. The van der Waals surface area contributed by atoms with E-state index in [4.69, 9.17) is 15.0 Å². The van der Waals surface area contributed by atoms with Crippen LogP contribution in [0.4, 0.5) is 5.95 Å². The summed E-state index contributed by atoms with van der Waals surface area (Å²) in [6.45, 7) is 6.67. The number of nitrogens with zero attached hydrogens (tertiary/aromatic N) is 8. The summed E-state index contributed by atoms with van der Waals surface area (Å²) < 4.78 is 3.97. The maximum atomic E-state index is 10.2. The molecule has 1 saturated carbocycles. The molecule has 1 aliphatic heterocycles. The van der Waals surface area contributed by atoms with Crippen molar-refractivity contribution in [1.29, 1.82) is 0 Å². The van der Waals surface area contributed by atoms with Gasteiger partial charge in [0.15, 0.2) is 5.82 Å². The van der Waals surface area contributed by atoms with Crippen molar-refractivity contribution in [2.45, 2.75) is 44.6 Å². The molecule has 9 nitrogen and oxygen atoms in total. The zero-order valence-corrected chi connectivity index (χ0v) is 18.7. The number of rotatable bonds is 4. The molecule has 1 saturated heterocycles. The third-order valence-corrected chi connectivity index (χ3v) is 6.48. The Labute approximate surface area is 185 Å². The zero-order chi connectivity index (χ0) is 22.2. The summed E-state index contributed by atoms with van der Waals surface area (Å²) in [5, 5.41) is 14.7. The number of hydrogen-bond acceptors (Lipinski definition) is 7. The largest absolute Gasteiger partial charge is 0.386 e. The van der Waals surface area contributed by atoms with Gasteiger partial charge >= 0.3 is 0 Å². The minimum Gasteiger partial charge on any atom is -0.386 e. The molecule has 4 aromatic rings. The summed E-state index contributed by atoms with van der Waals surface area (Å²) in [6.07, 6.45) is 1.00. The van der Waals surface area contributed by atoms with E-state index in [9.17, 15) is 5.11 Å². The molecule has 1 N–H and O–H groups in total. The van der Waals surface area contributed by atoms with Gasteiger partial charge in [-0.3, -0.25) is 0 Å². The average Bonchev–Trinajstić information content (AvgIpc) is 3.37. The molecule has 0 radical (unpaired) electrons. The van der Waals surface area contributed by atoms with Crippen LogP contribution in [0, 0.1) is 13.8 Å². The van der Waals surface area contributed by atoms with Gasteiger partial charge in [0.2, 0.25) is 5.95 Å². The van der Waals surface area contributed by atoms with E-state index in [2.05, 4.69) is 33.8 Å². The molecule has 0 spiro atoms. The smallest absolute Gasteiger partial charge is 0.227 e. The van der Waals surface area contributed by atoms with Gasteiger partial charge in [-0.15, -0.1) is 5.10 Å². The number of imidazole rings is 1. The van der Waals surface area contributed by atoms with Crippen LogP contribution in [0.2, 0.25) is 0 Å². The summed E-state index contributed by atoms with van der Waals surface area (Å²) in [7, 11) is 2.08. The monoisotopic (exact) mass is 430 g/mol. The molecule has 1 aliphatic carbocycles. The number of fused-ring (bicyclic) bond motifs is 1. The van der Waals surface area contributed by atoms with Gasteiger partial charge < -0.3 is 14.6 Å². The third-order valence-electron chi connectivity index (χ3n) is 6.48. The van der Waals surface area contributed by atoms with Gasteiger partial charge in [0.25, 0.3) is 0 Å². The molecule has 2 aliphatic rings. The highest BCUT2D eigenvalue weighted by atomic mass is 16.3. The third kappa shape index (κ3) is 3.07. The molecule has 4 heterocycles. The Kier molecular flexibility index (Phi) is 3.98. The van der Waals surface area contributed by atoms with Crippen LogP contribution in [0.1, 0.15) is 48.3 Å². The Morgan fingerprint density at radius 2 is 1.81 bits per heavy atom. The van der Waals surface area contributed by atoms with E-state index in [0.717, 1.165) is 34.8 Å². The summed E-state index contributed by atoms with van der Waals surface area (Å²) in [5.74, 6) is 4.53. The van der Waals surface area contributed by atoms with Crippen LogP contribution in [-0.4, -0.2) is 58.1 Å². The van der Waals surface area contributed by atoms with Gasteiger partial charge in [-0.1, -0.05) is 12.1 Å². The van der Waals surface area contributed by atoms with E-state index < -0.39 is 5.60 Å². The van der Waals surface area contributed by atoms with E-state index in [-0.39, 0.29) is 5.92 Å². The number of aryl methyl sites for hydroxylation is 3. The lowest BCUT2D eigenvalue weighted by atomic mass is 9.98. The van der Waals surface area contributed by atoms with Crippen LogP contribution in [0.3, 0.4) is 0 Å². The lowest BCUT2D eigenvalue weighted by Gasteiger charge is -2.44.